The Balaban J connectivity index is 1.84. The van der Waals surface area contributed by atoms with Gasteiger partial charge in [0.25, 0.3) is 5.91 Å². The minimum atomic E-state index is -0.455. The lowest BCUT2D eigenvalue weighted by molar-refractivity contribution is -0.112. The van der Waals surface area contributed by atoms with Gasteiger partial charge in [0.2, 0.25) is 0 Å². The van der Waals surface area contributed by atoms with E-state index in [1.807, 2.05) is 48.5 Å². The van der Waals surface area contributed by atoms with Crippen molar-refractivity contribution in [1.82, 2.24) is 9.78 Å². The third-order valence-corrected chi connectivity index (χ3v) is 3.85. The molecule has 25 heavy (non-hydrogen) atoms. The van der Waals surface area contributed by atoms with Crippen molar-refractivity contribution in [3.63, 3.8) is 0 Å². The fraction of sp³-hybridized carbons (Fsp3) is 0.105. The van der Waals surface area contributed by atoms with Crippen LogP contribution in [0.1, 0.15) is 5.56 Å². The highest BCUT2D eigenvalue weighted by atomic mass is 35.5. The average molecular weight is 351 g/mol. The van der Waals surface area contributed by atoms with Crippen LogP contribution in [0.15, 0.2) is 60.4 Å². The molecule has 1 N–H and O–H groups in total. The summed E-state index contributed by atoms with van der Waals surface area (Å²) in [4.78, 5) is 12.5. The summed E-state index contributed by atoms with van der Waals surface area (Å²) in [6, 6.07) is 15.3. The molecule has 3 aromatic rings. The quantitative estimate of drug-likeness (QED) is 0.432. The molecule has 2 aromatic carbocycles. The van der Waals surface area contributed by atoms with Crippen LogP contribution in [-0.2, 0) is 11.3 Å². The maximum atomic E-state index is 12.5. The number of carbonyl (C=O) groups excluding carboxylic acids is 1. The van der Waals surface area contributed by atoms with Crippen molar-refractivity contribution in [2.24, 2.45) is 0 Å². The predicted octanol–water partition coefficient (Wildman–Crippen LogP) is 3.82. The fourth-order valence-electron chi connectivity index (χ4n) is 2.50. The van der Waals surface area contributed by atoms with E-state index >= 15 is 0 Å². The van der Waals surface area contributed by atoms with E-state index in [2.05, 4.69) is 10.4 Å². The molecule has 1 amide bonds. The first kappa shape index (κ1) is 16.7. The van der Waals surface area contributed by atoms with Gasteiger partial charge in [0.15, 0.2) is 0 Å². The molecular formula is C19H15ClN4O. The van der Waals surface area contributed by atoms with Gasteiger partial charge in [-0.2, -0.15) is 10.4 Å². The third-order valence-electron chi connectivity index (χ3n) is 3.68. The lowest BCUT2D eigenvalue weighted by atomic mass is 10.1. The summed E-state index contributed by atoms with van der Waals surface area (Å²) in [6.45, 7) is 0.569. The van der Waals surface area contributed by atoms with E-state index in [1.165, 1.54) is 6.08 Å². The molecule has 1 aromatic heterocycles. The number of rotatable bonds is 5. The van der Waals surface area contributed by atoms with Gasteiger partial charge in [-0.05, 0) is 17.5 Å². The normalized spacial score (nSPS) is 11.3. The van der Waals surface area contributed by atoms with Gasteiger partial charge >= 0.3 is 0 Å². The topological polar surface area (TPSA) is 70.7 Å². The number of aromatic nitrogens is 2. The molecule has 0 spiro atoms. The summed E-state index contributed by atoms with van der Waals surface area (Å²) in [5.74, 6) is -0.0127. The van der Waals surface area contributed by atoms with Crippen LogP contribution in [0.4, 0.5) is 5.69 Å². The fourth-order valence-corrected chi connectivity index (χ4v) is 2.68. The molecule has 0 saturated heterocycles. The highest BCUT2D eigenvalue weighted by molar-refractivity contribution is 6.17. The smallest absolute Gasteiger partial charge is 0.266 e. The van der Waals surface area contributed by atoms with Gasteiger partial charge < -0.3 is 5.32 Å². The summed E-state index contributed by atoms with van der Waals surface area (Å²) in [6.07, 6.45) is 4.85. The second-order valence-corrected chi connectivity index (χ2v) is 5.75. The number of aryl methyl sites for hydroxylation is 1. The molecule has 0 bridgehead atoms. The molecule has 0 unspecified atom stereocenters. The highest BCUT2D eigenvalue weighted by Gasteiger charge is 2.11. The number of hydrogen-bond donors (Lipinski definition) is 1. The van der Waals surface area contributed by atoms with E-state index in [0.717, 1.165) is 10.8 Å². The van der Waals surface area contributed by atoms with Crippen molar-refractivity contribution in [2.45, 2.75) is 6.54 Å². The van der Waals surface area contributed by atoms with Gasteiger partial charge in [-0.3, -0.25) is 9.48 Å². The van der Waals surface area contributed by atoms with Crippen molar-refractivity contribution in [3.8, 4) is 6.07 Å². The number of nitrogens with zero attached hydrogens (tertiary/aromatic N) is 3. The molecule has 0 fully saturated rings. The molecule has 6 heteroatoms. The number of nitrogens with one attached hydrogen (secondary N) is 1. The molecule has 0 aliphatic rings. The molecule has 0 atom stereocenters. The summed E-state index contributed by atoms with van der Waals surface area (Å²) in [5, 5.41) is 18.2. The Labute approximate surface area is 150 Å². The van der Waals surface area contributed by atoms with Crippen LogP contribution >= 0.6 is 11.6 Å². The van der Waals surface area contributed by atoms with Crippen LogP contribution in [0.3, 0.4) is 0 Å². The van der Waals surface area contributed by atoms with E-state index in [0.29, 0.717) is 23.7 Å². The molecular weight excluding hydrogens is 336 g/mol. The monoisotopic (exact) mass is 350 g/mol. The molecule has 3 rings (SSSR count). The zero-order valence-electron chi connectivity index (χ0n) is 13.3. The first-order valence-corrected chi connectivity index (χ1v) is 8.24. The lowest BCUT2D eigenvalue weighted by Crippen LogP contribution is -2.13. The third kappa shape index (κ3) is 3.87. The number of fused-ring (bicyclic) bond motifs is 1. The van der Waals surface area contributed by atoms with Crippen molar-refractivity contribution in [3.05, 3.63) is 66.0 Å². The van der Waals surface area contributed by atoms with Crippen molar-refractivity contribution in [1.29, 1.82) is 5.26 Å². The Bertz CT molecular complexity index is 979. The van der Waals surface area contributed by atoms with Crippen molar-refractivity contribution < 1.29 is 4.79 Å². The Morgan fingerprint density at radius 2 is 2.08 bits per heavy atom. The second kappa shape index (κ2) is 7.65. The highest BCUT2D eigenvalue weighted by Crippen LogP contribution is 2.23. The van der Waals surface area contributed by atoms with Crippen LogP contribution < -0.4 is 5.32 Å². The van der Waals surface area contributed by atoms with Gasteiger partial charge in [-0.15, -0.1) is 11.6 Å². The number of alkyl halides is 1. The molecule has 0 aliphatic heterocycles. The lowest BCUT2D eigenvalue weighted by Gasteiger charge is -2.08. The van der Waals surface area contributed by atoms with E-state index in [4.69, 9.17) is 11.6 Å². The largest absolute Gasteiger partial charge is 0.321 e. The van der Waals surface area contributed by atoms with Gasteiger partial charge in [-0.1, -0.05) is 36.4 Å². The van der Waals surface area contributed by atoms with Crippen LogP contribution in [0.5, 0.6) is 0 Å². The zero-order chi connectivity index (χ0) is 17.6. The standard InChI is InChI=1S/C19H15ClN4O/c20-8-9-24-13-14(12-22-24)10-16(11-21)19(25)23-18-7-3-5-15-4-1-2-6-17(15)18/h1-7,10,12-13H,8-9H2,(H,23,25). The summed E-state index contributed by atoms with van der Waals surface area (Å²) < 4.78 is 1.66. The second-order valence-electron chi connectivity index (χ2n) is 5.38. The first-order chi connectivity index (χ1) is 12.2. The molecule has 0 saturated carbocycles. The number of carbonyl (C=O) groups is 1. The Morgan fingerprint density at radius 1 is 1.28 bits per heavy atom. The minimum absolute atomic E-state index is 0.0124. The number of amides is 1. The van der Waals surface area contributed by atoms with Gasteiger partial charge in [-0.25, -0.2) is 0 Å². The predicted molar refractivity (Wildman–Crippen MR) is 99.1 cm³/mol. The summed E-state index contributed by atoms with van der Waals surface area (Å²) >= 11 is 5.67. The van der Waals surface area contributed by atoms with Crippen molar-refractivity contribution >= 4 is 40.0 Å². The van der Waals surface area contributed by atoms with Gasteiger partial charge in [0, 0.05) is 28.7 Å². The number of anilines is 1. The minimum Gasteiger partial charge on any atom is -0.321 e. The van der Waals surface area contributed by atoms with E-state index in [1.54, 1.807) is 17.1 Å². The zero-order valence-corrected chi connectivity index (χ0v) is 14.1. The van der Waals surface area contributed by atoms with Gasteiger partial charge in [0.05, 0.1) is 12.7 Å². The van der Waals surface area contributed by atoms with Crippen LogP contribution in [-0.4, -0.2) is 21.6 Å². The Morgan fingerprint density at radius 3 is 2.88 bits per heavy atom. The maximum Gasteiger partial charge on any atom is 0.266 e. The average Bonchev–Trinajstić information content (AvgIpc) is 3.07. The van der Waals surface area contributed by atoms with Gasteiger partial charge in [0.1, 0.15) is 11.6 Å². The molecule has 5 nitrogen and oxygen atoms in total. The molecule has 0 radical (unpaired) electrons. The maximum absolute atomic E-state index is 12.5. The van der Waals surface area contributed by atoms with Crippen LogP contribution in [0.2, 0.25) is 0 Å². The molecule has 0 aliphatic carbocycles. The van der Waals surface area contributed by atoms with E-state index < -0.39 is 5.91 Å². The van der Waals surface area contributed by atoms with E-state index in [9.17, 15) is 10.1 Å². The van der Waals surface area contributed by atoms with E-state index in [-0.39, 0.29) is 5.57 Å². The summed E-state index contributed by atoms with van der Waals surface area (Å²) in [7, 11) is 0. The SMILES string of the molecule is N#CC(=Cc1cnn(CCCl)c1)C(=O)Nc1cccc2ccccc12. The number of benzene rings is 2. The number of nitriles is 1. The first-order valence-electron chi connectivity index (χ1n) is 7.70. The van der Waals surface area contributed by atoms with Crippen molar-refractivity contribution in [2.75, 3.05) is 11.2 Å². The van der Waals surface area contributed by atoms with Crippen LogP contribution in [0, 0.1) is 11.3 Å². The molecule has 1 heterocycles. The number of halogens is 1. The summed E-state index contributed by atoms with van der Waals surface area (Å²) in [5.41, 5.74) is 1.36. The molecule has 124 valence electrons. The Kier molecular flexibility index (Phi) is 5.12. The Hall–Kier alpha value is -3.10. The number of hydrogen-bond acceptors (Lipinski definition) is 3. The van der Waals surface area contributed by atoms with Crippen LogP contribution in [0.25, 0.3) is 16.8 Å².